The molecule has 0 saturated heterocycles. The minimum atomic E-state index is 0.276. The summed E-state index contributed by atoms with van der Waals surface area (Å²) in [5.41, 5.74) is 2.20. The van der Waals surface area contributed by atoms with E-state index in [1.807, 2.05) is 19.1 Å². The van der Waals surface area contributed by atoms with Crippen molar-refractivity contribution in [2.45, 2.75) is 117 Å². The summed E-state index contributed by atoms with van der Waals surface area (Å²) >= 11 is 0. The Morgan fingerprint density at radius 2 is 1.30 bits per heavy atom. The molecule has 0 aromatic heterocycles. The summed E-state index contributed by atoms with van der Waals surface area (Å²) in [6.45, 7) is 10.6. The van der Waals surface area contributed by atoms with Crippen LogP contribution in [-0.2, 0) is 0 Å². The highest BCUT2D eigenvalue weighted by Crippen LogP contribution is 2.26. The molecule has 0 aliphatic rings. The molecular formula is C26H44O. The van der Waals surface area contributed by atoms with Crippen molar-refractivity contribution in [2.24, 2.45) is 0 Å². The molecule has 0 bridgehead atoms. The first-order valence-corrected chi connectivity index (χ1v) is 11.6. The van der Waals surface area contributed by atoms with Crippen molar-refractivity contribution < 1.29 is 4.74 Å². The molecule has 1 heteroatoms. The Bertz CT molecular complexity index is 491. The van der Waals surface area contributed by atoms with Crippen LogP contribution in [0.3, 0.4) is 0 Å². The van der Waals surface area contributed by atoms with Gasteiger partial charge in [-0.25, -0.2) is 0 Å². The van der Waals surface area contributed by atoms with Gasteiger partial charge >= 0.3 is 0 Å². The first-order valence-electron chi connectivity index (χ1n) is 11.6. The predicted molar refractivity (Wildman–Crippen MR) is 122 cm³/mol. The highest BCUT2D eigenvalue weighted by Gasteiger charge is 2.08. The van der Waals surface area contributed by atoms with Crippen LogP contribution in [0.15, 0.2) is 30.8 Å². The molecule has 154 valence electrons. The lowest BCUT2D eigenvalue weighted by Gasteiger charge is -2.17. The van der Waals surface area contributed by atoms with Crippen LogP contribution >= 0.6 is 0 Å². The third-order valence-electron chi connectivity index (χ3n) is 5.39. The number of rotatable bonds is 17. The quantitative estimate of drug-likeness (QED) is 0.248. The summed E-state index contributed by atoms with van der Waals surface area (Å²) in [6.07, 6.45) is 19.7. The lowest BCUT2D eigenvalue weighted by Crippen LogP contribution is -2.12. The van der Waals surface area contributed by atoms with E-state index in [-0.39, 0.29) is 6.10 Å². The molecule has 0 aliphatic carbocycles. The Morgan fingerprint density at radius 1 is 0.815 bits per heavy atom. The third-order valence-corrected chi connectivity index (χ3v) is 5.39. The molecule has 1 atom stereocenters. The number of hydrogen-bond acceptors (Lipinski definition) is 1. The highest BCUT2D eigenvalue weighted by molar-refractivity contribution is 5.66. The predicted octanol–water partition coefficient (Wildman–Crippen LogP) is 8.97. The van der Waals surface area contributed by atoms with Crippen molar-refractivity contribution in [2.75, 3.05) is 0 Å². The molecule has 1 nitrogen and oxygen atoms in total. The van der Waals surface area contributed by atoms with E-state index < -0.39 is 0 Å². The maximum Gasteiger partial charge on any atom is 0.127 e. The molecule has 1 unspecified atom stereocenters. The van der Waals surface area contributed by atoms with Gasteiger partial charge in [-0.05, 0) is 38.3 Å². The van der Waals surface area contributed by atoms with E-state index in [4.69, 9.17) is 4.74 Å². The SMILES string of the molecule is C=C(C)c1ccccc1OC(C)CCCCCCCCCCCCCCC. The number of para-hydroxylation sites is 1. The summed E-state index contributed by atoms with van der Waals surface area (Å²) in [6, 6.07) is 8.24. The Hall–Kier alpha value is -1.24. The molecule has 27 heavy (non-hydrogen) atoms. The average Bonchev–Trinajstić information content (AvgIpc) is 2.65. The van der Waals surface area contributed by atoms with Gasteiger partial charge in [0.25, 0.3) is 0 Å². The van der Waals surface area contributed by atoms with Gasteiger partial charge in [-0.15, -0.1) is 0 Å². The van der Waals surface area contributed by atoms with E-state index in [1.54, 1.807) is 0 Å². The van der Waals surface area contributed by atoms with Gasteiger partial charge in [0.2, 0.25) is 0 Å². The monoisotopic (exact) mass is 372 g/mol. The maximum atomic E-state index is 6.15. The second-order valence-electron chi connectivity index (χ2n) is 8.24. The van der Waals surface area contributed by atoms with Gasteiger partial charge in [-0.3, -0.25) is 0 Å². The molecule has 1 rings (SSSR count). The molecule has 0 amide bonds. The van der Waals surface area contributed by atoms with E-state index in [0.29, 0.717) is 0 Å². The molecule has 0 aliphatic heterocycles. The number of allylic oxidation sites excluding steroid dienone is 1. The minimum absolute atomic E-state index is 0.276. The van der Waals surface area contributed by atoms with Crippen molar-refractivity contribution in [3.63, 3.8) is 0 Å². The summed E-state index contributed by atoms with van der Waals surface area (Å²) in [4.78, 5) is 0. The van der Waals surface area contributed by atoms with Crippen LogP contribution in [0.4, 0.5) is 0 Å². The molecule has 0 N–H and O–H groups in total. The van der Waals surface area contributed by atoms with Crippen molar-refractivity contribution >= 4 is 5.57 Å². The Balaban J connectivity index is 1.97. The second-order valence-corrected chi connectivity index (χ2v) is 8.24. The smallest absolute Gasteiger partial charge is 0.127 e. The van der Waals surface area contributed by atoms with Crippen LogP contribution < -0.4 is 4.74 Å². The van der Waals surface area contributed by atoms with Crippen LogP contribution in [0.25, 0.3) is 5.57 Å². The van der Waals surface area contributed by atoms with Gasteiger partial charge in [-0.2, -0.15) is 0 Å². The Kier molecular flexibility index (Phi) is 13.9. The van der Waals surface area contributed by atoms with E-state index in [2.05, 4.69) is 32.6 Å². The van der Waals surface area contributed by atoms with E-state index in [1.165, 1.54) is 83.5 Å². The molecule has 0 radical (unpaired) electrons. The fraction of sp³-hybridized carbons (Fsp3) is 0.692. The summed E-state index contributed by atoms with van der Waals surface area (Å²) in [5.74, 6) is 0.979. The van der Waals surface area contributed by atoms with Crippen molar-refractivity contribution in [3.05, 3.63) is 36.4 Å². The summed E-state index contributed by atoms with van der Waals surface area (Å²) in [5, 5.41) is 0. The minimum Gasteiger partial charge on any atom is -0.490 e. The number of hydrogen-bond donors (Lipinski definition) is 0. The molecule has 1 aromatic rings. The Labute approximate surface area is 169 Å². The molecule has 0 fully saturated rings. The summed E-state index contributed by atoms with van der Waals surface area (Å²) in [7, 11) is 0. The van der Waals surface area contributed by atoms with Crippen molar-refractivity contribution in [1.82, 2.24) is 0 Å². The van der Waals surface area contributed by atoms with Crippen LogP contribution in [-0.4, -0.2) is 6.10 Å². The van der Waals surface area contributed by atoms with Crippen LogP contribution in [0, 0.1) is 0 Å². The normalized spacial score (nSPS) is 12.1. The standard InChI is InChI=1S/C26H44O/c1-5-6-7-8-9-10-11-12-13-14-15-16-17-20-24(4)27-26-22-19-18-21-25(26)23(2)3/h18-19,21-22,24H,2,5-17,20H2,1,3-4H3. The fourth-order valence-corrected chi connectivity index (χ4v) is 3.65. The molecular weight excluding hydrogens is 328 g/mol. The molecule has 0 heterocycles. The van der Waals surface area contributed by atoms with Crippen LogP contribution in [0.1, 0.15) is 116 Å². The molecule has 1 aromatic carbocycles. The second kappa shape index (κ2) is 15.8. The van der Waals surface area contributed by atoms with Crippen LogP contribution in [0.5, 0.6) is 5.75 Å². The Morgan fingerprint density at radius 3 is 1.81 bits per heavy atom. The van der Waals surface area contributed by atoms with Gasteiger partial charge in [0.15, 0.2) is 0 Å². The van der Waals surface area contributed by atoms with Crippen molar-refractivity contribution in [1.29, 1.82) is 0 Å². The highest BCUT2D eigenvalue weighted by atomic mass is 16.5. The van der Waals surface area contributed by atoms with E-state index in [0.717, 1.165) is 23.3 Å². The first kappa shape index (κ1) is 23.8. The zero-order chi connectivity index (χ0) is 19.7. The maximum absolute atomic E-state index is 6.15. The lowest BCUT2D eigenvalue weighted by molar-refractivity contribution is 0.205. The third kappa shape index (κ3) is 12.0. The number of benzene rings is 1. The first-order chi connectivity index (χ1) is 13.1. The van der Waals surface area contributed by atoms with Gasteiger partial charge in [-0.1, -0.05) is 109 Å². The fourth-order valence-electron chi connectivity index (χ4n) is 3.65. The number of ether oxygens (including phenoxy) is 1. The lowest BCUT2D eigenvalue weighted by atomic mass is 10.0. The van der Waals surface area contributed by atoms with Crippen LogP contribution in [0.2, 0.25) is 0 Å². The largest absolute Gasteiger partial charge is 0.490 e. The van der Waals surface area contributed by atoms with Gasteiger partial charge in [0, 0.05) is 5.56 Å². The molecule has 0 saturated carbocycles. The zero-order valence-corrected chi connectivity index (χ0v) is 18.4. The van der Waals surface area contributed by atoms with Gasteiger partial charge in [0.05, 0.1) is 6.10 Å². The van der Waals surface area contributed by atoms with Gasteiger partial charge < -0.3 is 4.74 Å². The molecule has 0 spiro atoms. The number of unbranched alkanes of at least 4 members (excludes halogenated alkanes) is 12. The average molecular weight is 373 g/mol. The van der Waals surface area contributed by atoms with Gasteiger partial charge in [0.1, 0.15) is 5.75 Å². The van der Waals surface area contributed by atoms with E-state index >= 15 is 0 Å². The van der Waals surface area contributed by atoms with E-state index in [9.17, 15) is 0 Å². The van der Waals surface area contributed by atoms with Crippen molar-refractivity contribution in [3.8, 4) is 5.75 Å². The summed E-state index contributed by atoms with van der Waals surface area (Å²) < 4.78 is 6.15. The zero-order valence-electron chi connectivity index (χ0n) is 18.4. The topological polar surface area (TPSA) is 9.23 Å².